The summed E-state index contributed by atoms with van der Waals surface area (Å²) in [5, 5.41) is 10.6. The van der Waals surface area contributed by atoms with Crippen LogP contribution >= 0.6 is 0 Å². The Kier molecular flexibility index (Phi) is 3.20. The number of hydrogen-bond donors (Lipinski definition) is 0. The van der Waals surface area contributed by atoms with Gasteiger partial charge in [-0.1, -0.05) is 36.4 Å². The van der Waals surface area contributed by atoms with E-state index in [4.69, 9.17) is 0 Å². The second-order valence-electron chi connectivity index (χ2n) is 2.74. The van der Waals surface area contributed by atoms with Crippen molar-refractivity contribution in [1.82, 2.24) is 0 Å². The van der Waals surface area contributed by atoms with E-state index in [2.05, 4.69) is 6.58 Å². The van der Waals surface area contributed by atoms with Crippen molar-refractivity contribution in [1.29, 1.82) is 0 Å². The highest BCUT2D eigenvalue weighted by Gasteiger charge is 2.19. The van der Waals surface area contributed by atoms with Gasteiger partial charge in [0.15, 0.2) is 0 Å². The summed E-state index contributed by atoms with van der Waals surface area (Å²) in [6.07, 6.45) is 1.94. The molecule has 0 aliphatic heterocycles. The van der Waals surface area contributed by atoms with Crippen LogP contribution in [-0.2, 0) is 0 Å². The van der Waals surface area contributed by atoms with Gasteiger partial charge >= 0.3 is 0 Å². The van der Waals surface area contributed by atoms with E-state index in [-0.39, 0.29) is 4.92 Å². The van der Waals surface area contributed by atoms with Gasteiger partial charge in [0, 0.05) is 16.9 Å². The molecule has 0 aliphatic rings. The molecule has 1 unspecified atom stereocenters. The molecule has 3 nitrogen and oxygen atoms in total. The van der Waals surface area contributed by atoms with Gasteiger partial charge in [-0.25, -0.2) is 0 Å². The lowest BCUT2D eigenvalue weighted by molar-refractivity contribution is -0.528. The van der Waals surface area contributed by atoms with E-state index in [9.17, 15) is 10.1 Å². The lowest BCUT2D eigenvalue weighted by Crippen LogP contribution is -2.09. The van der Waals surface area contributed by atoms with Crippen molar-refractivity contribution in [3.8, 4) is 0 Å². The normalized spacial score (nSPS) is 12.0. The van der Waals surface area contributed by atoms with Crippen LogP contribution < -0.4 is 0 Å². The van der Waals surface area contributed by atoms with E-state index in [1.807, 2.05) is 6.07 Å². The summed E-state index contributed by atoms with van der Waals surface area (Å²) < 4.78 is 0. The lowest BCUT2D eigenvalue weighted by Gasteiger charge is -2.06. The maximum absolute atomic E-state index is 10.6. The van der Waals surface area contributed by atoms with E-state index >= 15 is 0 Å². The van der Waals surface area contributed by atoms with E-state index in [0.29, 0.717) is 6.42 Å². The molecule has 0 fully saturated rings. The smallest absolute Gasteiger partial charge is 0.241 e. The van der Waals surface area contributed by atoms with Crippen molar-refractivity contribution in [3.63, 3.8) is 0 Å². The van der Waals surface area contributed by atoms with Crippen LogP contribution in [0.2, 0.25) is 0 Å². The zero-order valence-corrected chi connectivity index (χ0v) is 7.22. The third-order valence-electron chi connectivity index (χ3n) is 1.83. The molecule has 0 amide bonds. The van der Waals surface area contributed by atoms with Crippen LogP contribution in [0.1, 0.15) is 18.0 Å². The van der Waals surface area contributed by atoms with Crippen LogP contribution in [0.3, 0.4) is 0 Å². The van der Waals surface area contributed by atoms with Gasteiger partial charge in [-0.2, -0.15) is 0 Å². The fraction of sp³-hybridized carbons (Fsp3) is 0.200. The molecule has 13 heavy (non-hydrogen) atoms. The third kappa shape index (κ3) is 2.40. The van der Waals surface area contributed by atoms with Crippen molar-refractivity contribution >= 4 is 0 Å². The van der Waals surface area contributed by atoms with Crippen LogP contribution in [0.15, 0.2) is 43.0 Å². The van der Waals surface area contributed by atoms with Gasteiger partial charge in [-0.3, -0.25) is 10.1 Å². The Morgan fingerprint density at radius 2 is 2.08 bits per heavy atom. The van der Waals surface area contributed by atoms with Crippen molar-refractivity contribution in [2.75, 3.05) is 0 Å². The predicted octanol–water partition coefficient (Wildman–Crippen LogP) is 2.58. The van der Waals surface area contributed by atoms with E-state index < -0.39 is 6.04 Å². The predicted molar refractivity (Wildman–Crippen MR) is 51.0 cm³/mol. The number of rotatable bonds is 4. The summed E-state index contributed by atoms with van der Waals surface area (Å²) in [7, 11) is 0. The Bertz CT molecular complexity index is 295. The highest BCUT2D eigenvalue weighted by atomic mass is 16.6. The first-order valence-electron chi connectivity index (χ1n) is 4.05. The minimum absolute atomic E-state index is 0.281. The minimum Gasteiger partial charge on any atom is -0.264 e. The molecule has 0 aliphatic carbocycles. The van der Waals surface area contributed by atoms with Crippen molar-refractivity contribution in [2.45, 2.75) is 12.5 Å². The Balaban J connectivity index is 2.88. The number of benzene rings is 1. The molecule has 0 heterocycles. The largest absolute Gasteiger partial charge is 0.264 e. The molecule has 0 aromatic heterocycles. The average molecular weight is 177 g/mol. The molecule has 0 saturated carbocycles. The van der Waals surface area contributed by atoms with Gasteiger partial charge in [0.25, 0.3) is 0 Å². The molecule has 1 rings (SSSR count). The average Bonchev–Trinajstić information content (AvgIpc) is 2.15. The second kappa shape index (κ2) is 4.40. The molecule has 0 bridgehead atoms. The second-order valence-corrected chi connectivity index (χ2v) is 2.74. The summed E-state index contributed by atoms with van der Waals surface area (Å²) in [6, 6.07) is 8.31. The van der Waals surface area contributed by atoms with Gasteiger partial charge in [-0.15, -0.1) is 6.58 Å². The van der Waals surface area contributed by atoms with Crippen LogP contribution in [0.5, 0.6) is 0 Å². The van der Waals surface area contributed by atoms with Crippen LogP contribution in [0, 0.1) is 10.1 Å². The van der Waals surface area contributed by atoms with Crippen LogP contribution in [0.4, 0.5) is 0 Å². The quantitative estimate of drug-likeness (QED) is 0.403. The number of nitrogens with zero attached hydrogens (tertiary/aromatic N) is 1. The van der Waals surface area contributed by atoms with Gasteiger partial charge in [-0.05, 0) is 0 Å². The zero-order chi connectivity index (χ0) is 9.68. The lowest BCUT2D eigenvalue weighted by atomic mass is 10.1. The monoisotopic (exact) mass is 177 g/mol. The van der Waals surface area contributed by atoms with Gasteiger partial charge in [0.2, 0.25) is 6.04 Å². The summed E-state index contributed by atoms with van der Waals surface area (Å²) in [6.45, 7) is 3.50. The molecule has 0 N–H and O–H groups in total. The molecule has 1 aromatic rings. The fourth-order valence-electron chi connectivity index (χ4n) is 1.18. The van der Waals surface area contributed by atoms with E-state index in [1.54, 1.807) is 30.3 Å². The fourth-order valence-corrected chi connectivity index (χ4v) is 1.18. The van der Waals surface area contributed by atoms with E-state index in [1.165, 1.54) is 0 Å². The molecule has 1 atom stereocenters. The molecule has 0 saturated heterocycles. The zero-order valence-electron chi connectivity index (χ0n) is 7.22. The molecule has 3 heteroatoms. The molecule has 68 valence electrons. The maximum Gasteiger partial charge on any atom is 0.241 e. The Hall–Kier alpha value is -1.64. The first kappa shape index (κ1) is 9.45. The van der Waals surface area contributed by atoms with Crippen LogP contribution in [0.25, 0.3) is 0 Å². The molecule has 1 aromatic carbocycles. The molecule has 0 radical (unpaired) electrons. The SMILES string of the molecule is C=CCC(c1ccccc1)[N+](=O)[O-]. The topological polar surface area (TPSA) is 43.1 Å². The molecule has 0 spiro atoms. The Labute approximate surface area is 76.9 Å². The summed E-state index contributed by atoms with van der Waals surface area (Å²) in [4.78, 5) is 10.4. The van der Waals surface area contributed by atoms with Crippen molar-refractivity contribution in [2.24, 2.45) is 0 Å². The third-order valence-corrected chi connectivity index (χ3v) is 1.83. The van der Waals surface area contributed by atoms with E-state index in [0.717, 1.165) is 5.56 Å². The Morgan fingerprint density at radius 3 is 2.54 bits per heavy atom. The van der Waals surface area contributed by atoms with Crippen LogP contribution in [-0.4, -0.2) is 4.92 Å². The van der Waals surface area contributed by atoms with Gasteiger partial charge in [0.05, 0.1) is 0 Å². The molecular weight excluding hydrogens is 166 g/mol. The number of hydrogen-bond acceptors (Lipinski definition) is 2. The molecular formula is C10H11NO2. The van der Waals surface area contributed by atoms with Crippen molar-refractivity contribution in [3.05, 3.63) is 58.7 Å². The Morgan fingerprint density at radius 1 is 1.46 bits per heavy atom. The standard InChI is InChI=1S/C10H11NO2/c1-2-6-10(11(12)13)9-7-4-3-5-8-9/h2-5,7-8,10H,1,6H2. The highest BCUT2D eigenvalue weighted by Crippen LogP contribution is 2.19. The first-order valence-corrected chi connectivity index (χ1v) is 4.05. The maximum atomic E-state index is 10.6. The summed E-state index contributed by atoms with van der Waals surface area (Å²) >= 11 is 0. The van der Waals surface area contributed by atoms with Gasteiger partial charge < -0.3 is 0 Å². The van der Waals surface area contributed by atoms with Gasteiger partial charge in [0.1, 0.15) is 0 Å². The van der Waals surface area contributed by atoms with Crippen molar-refractivity contribution < 1.29 is 4.92 Å². The summed E-state index contributed by atoms with van der Waals surface area (Å²) in [5.74, 6) is 0. The summed E-state index contributed by atoms with van der Waals surface area (Å²) in [5.41, 5.74) is 0.729. The number of nitro groups is 1. The minimum atomic E-state index is -0.654. The highest BCUT2D eigenvalue weighted by molar-refractivity contribution is 5.17. The first-order chi connectivity index (χ1) is 6.25.